The van der Waals surface area contributed by atoms with Crippen LogP contribution in [-0.4, -0.2) is 46.7 Å². The third-order valence-electron chi connectivity index (χ3n) is 5.98. The Kier molecular flexibility index (Phi) is 6.26. The van der Waals surface area contributed by atoms with Gasteiger partial charge in [0.1, 0.15) is 29.1 Å². The van der Waals surface area contributed by atoms with Crippen molar-refractivity contribution in [2.24, 2.45) is 0 Å². The maximum atomic E-state index is 13.1. The first-order chi connectivity index (χ1) is 16.6. The molecule has 2 atom stereocenters. The molecular formula is C26H26O9. The average Bonchev–Trinajstić information content (AvgIpc) is 2.82. The van der Waals surface area contributed by atoms with Gasteiger partial charge >= 0.3 is 5.97 Å². The van der Waals surface area contributed by atoms with Gasteiger partial charge in [-0.3, -0.25) is 0 Å². The number of benzene rings is 3. The van der Waals surface area contributed by atoms with Gasteiger partial charge in [0.25, 0.3) is 0 Å². The molecule has 1 heterocycles. The quantitative estimate of drug-likeness (QED) is 0.397. The minimum absolute atomic E-state index is 0.0827. The van der Waals surface area contributed by atoms with E-state index in [9.17, 15) is 25.2 Å². The Morgan fingerprint density at radius 3 is 2.06 bits per heavy atom. The molecule has 0 saturated heterocycles. The van der Waals surface area contributed by atoms with Gasteiger partial charge in [-0.1, -0.05) is 0 Å². The van der Waals surface area contributed by atoms with Crippen molar-refractivity contribution in [2.75, 3.05) is 14.2 Å². The van der Waals surface area contributed by atoms with Crippen molar-refractivity contribution in [1.82, 2.24) is 0 Å². The van der Waals surface area contributed by atoms with E-state index in [0.717, 1.165) is 0 Å². The van der Waals surface area contributed by atoms with Gasteiger partial charge in [0.15, 0.2) is 17.6 Å². The molecule has 0 saturated carbocycles. The lowest BCUT2D eigenvalue weighted by molar-refractivity contribution is -0.0189. The maximum Gasteiger partial charge on any atom is 0.338 e. The number of aryl methyl sites for hydroxylation is 2. The van der Waals surface area contributed by atoms with Crippen molar-refractivity contribution in [2.45, 2.75) is 32.5 Å². The van der Waals surface area contributed by atoms with Crippen LogP contribution in [0.2, 0.25) is 0 Å². The summed E-state index contributed by atoms with van der Waals surface area (Å²) in [7, 11) is 2.77. The molecule has 35 heavy (non-hydrogen) atoms. The SMILES string of the molecule is COc1cc([C@H]2Oc3cc(O)cc(O)c3C[C@H]2OC(=O)c2cc(C)c(O)c(C)c2)cc(OC)c1O. The number of ether oxygens (including phenoxy) is 4. The van der Waals surface area contributed by atoms with Gasteiger partial charge in [0, 0.05) is 29.7 Å². The molecule has 1 aliphatic heterocycles. The Hall–Kier alpha value is -4.27. The molecule has 184 valence electrons. The van der Waals surface area contributed by atoms with Crippen LogP contribution in [0.5, 0.6) is 40.2 Å². The first kappa shape index (κ1) is 23.9. The molecular weight excluding hydrogens is 456 g/mol. The molecule has 0 aromatic heterocycles. The zero-order chi connectivity index (χ0) is 25.4. The van der Waals surface area contributed by atoms with E-state index in [1.807, 2.05) is 0 Å². The number of carbonyl (C=O) groups is 1. The average molecular weight is 482 g/mol. The Morgan fingerprint density at radius 1 is 0.886 bits per heavy atom. The molecule has 3 aromatic carbocycles. The van der Waals surface area contributed by atoms with Gasteiger partial charge in [0.05, 0.1) is 19.8 Å². The number of hydrogen-bond acceptors (Lipinski definition) is 9. The molecule has 0 bridgehead atoms. The smallest absolute Gasteiger partial charge is 0.338 e. The van der Waals surface area contributed by atoms with Crippen LogP contribution in [0, 0.1) is 13.8 Å². The molecule has 0 radical (unpaired) electrons. The van der Waals surface area contributed by atoms with E-state index in [4.69, 9.17) is 18.9 Å². The van der Waals surface area contributed by atoms with E-state index in [1.54, 1.807) is 13.8 Å². The van der Waals surface area contributed by atoms with Gasteiger partial charge in [-0.15, -0.1) is 0 Å². The third kappa shape index (κ3) is 4.44. The number of phenolic OH excluding ortho intramolecular Hbond substituents is 4. The molecule has 4 rings (SSSR count). The van der Waals surface area contributed by atoms with Crippen LogP contribution in [-0.2, 0) is 11.2 Å². The van der Waals surface area contributed by atoms with E-state index in [0.29, 0.717) is 22.3 Å². The first-order valence-electron chi connectivity index (χ1n) is 10.8. The van der Waals surface area contributed by atoms with E-state index in [-0.39, 0.29) is 52.2 Å². The van der Waals surface area contributed by atoms with Crippen molar-refractivity contribution in [1.29, 1.82) is 0 Å². The second-order valence-corrected chi connectivity index (χ2v) is 8.36. The molecule has 4 N–H and O–H groups in total. The maximum absolute atomic E-state index is 13.1. The number of fused-ring (bicyclic) bond motifs is 1. The monoisotopic (exact) mass is 482 g/mol. The number of phenols is 4. The van der Waals surface area contributed by atoms with Crippen LogP contribution in [0.3, 0.4) is 0 Å². The molecule has 3 aromatic rings. The number of hydrogen-bond donors (Lipinski definition) is 4. The second kappa shape index (κ2) is 9.17. The van der Waals surface area contributed by atoms with Gasteiger partial charge < -0.3 is 39.4 Å². The van der Waals surface area contributed by atoms with Crippen molar-refractivity contribution in [3.63, 3.8) is 0 Å². The van der Waals surface area contributed by atoms with Gasteiger partial charge in [0.2, 0.25) is 5.75 Å². The van der Waals surface area contributed by atoms with Crippen LogP contribution in [0.4, 0.5) is 0 Å². The van der Waals surface area contributed by atoms with E-state index < -0.39 is 18.2 Å². The van der Waals surface area contributed by atoms with Crippen molar-refractivity contribution >= 4 is 5.97 Å². The highest BCUT2D eigenvalue weighted by atomic mass is 16.6. The van der Waals surface area contributed by atoms with Crippen molar-refractivity contribution < 1.29 is 44.2 Å². The molecule has 0 unspecified atom stereocenters. The summed E-state index contributed by atoms with van der Waals surface area (Å²) in [6, 6.07) is 8.67. The zero-order valence-corrected chi connectivity index (χ0v) is 19.7. The number of rotatable bonds is 5. The summed E-state index contributed by atoms with van der Waals surface area (Å²) in [4.78, 5) is 13.1. The normalized spacial score (nSPS) is 16.7. The summed E-state index contributed by atoms with van der Waals surface area (Å²) < 4.78 is 22.5. The highest BCUT2D eigenvalue weighted by molar-refractivity contribution is 5.90. The fourth-order valence-corrected chi connectivity index (χ4v) is 4.19. The standard InChI is InChI=1S/C26H26O9/c1-12-5-15(6-13(2)23(12)29)26(31)35-22-11-17-18(28)9-16(27)10-19(17)34-25(22)14-7-20(32-3)24(30)21(8-14)33-4/h5-10,22,25,27-30H,11H2,1-4H3/t22-,25-/m1/s1. The summed E-state index contributed by atoms with van der Waals surface area (Å²) in [6.45, 7) is 3.36. The van der Waals surface area contributed by atoms with E-state index in [2.05, 4.69) is 0 Å². The minimum Gasteiger partial charge on any atom is -0.508 e. The molecule has 0 fully saturated rings. The fourth-order valence-electron chi connectivity index (χ4n) is 4.19. The lowest BCUT2D eigenvalue weighted by Gasteiger charge is -2.34. The molecule has 1 aliphatic rings. The first-order valence-corrected chi connectivity index (χ1v) is 10.8. The predicted octanol–water partition coefficient (Wildman–Crippen LogP) is 4.04. The van der Waals surface area contributed by atoms with Crippen LogP contribution >= 0.6 is 0 Å². The topological polar surface area (TPSA) is 135 Å². The number of carbonyl (C=O) groups excluding carboxylic acids is 1. The Labute approximate surface area is 201 Å². The van der Waals surface area contributed by atoms with Crippen molar-refractivity contribution in [3.05, 3.63) is 64.2 Å². The predicted molar refractivity (Wildman–Crippen MR) is 125 cm³/mol. The van der Waals surface area contributed by atoms with Crippen LogP contribution in [0.25, 0.3) is 0 Å². The molecule has 0 aliphatic carbocycles. The number of esters is 1. The van der Waals surface area contributed by atoms with E-state index >= 15 is 0 Å². The highest BCUT2D eigenvalue weighted by Crippen LogP contribution is 2.46. The molecule has 0 amide bonds. The van der Waals surface area contributed by atoms with Crippen LogP contribution < -0.4 is 14.2 Å². The Morgan fingerprint density at radius 2 is 1.49 bits per heavy atom. The second-order valence-electron chi connectivity index (χ2n) is 8.36. The third-order valence-corrected chi connectivity index (χ3v) is 5.98. The van der Waals surface area contributed by atoms with Crippen LogP contribution in [0.15, 0.2) is 36.4 Å². The van der Waals surface area contributed by atoms with E-state index in [1.165, 1.54) is 50.6 Å². The molecule has 0 spiro atoms. The number of methoxy groups -OCH3 is 2. The summed E-state index contributed by atoms with van der Waals surface area (Å²) in [6.07, 6.45) is -1.71. The summed E-state index contributed by atoms with van der Waals surface area (Å²) in [5.41, 5.74) is 2.14. The molecule has 9 heteroatoms. The van der Waals surface area contributed by atoms with Gasteiger partial charge in [-0.05, 0) is 49.2 Å². The summed E-state index contributed by atoms with van der Waals surface area (Å²) in [5, 5.41) is 40.7. The number of aromatic hydroxyl groups is 4. The van der Waals surface area contributed by atoms with Crippen LogP contribution in [0.1, 0.15) is 38.7 Å². The largest absolute Gasteiger partial charge is 0.508 e. The van der Waals surface area contributed by atoms with Crippen molar-refractivity contribution in [3.8, 4) is 40.2 Å². The summed E-state index contributed by atoms with van der Waals surface area (Å²) >= 11 is 0. The highest BCUT2D eigenvalue weighted by Gasteiger charge is 2.37. The minimum atomic E-state index is -0.904. The van der Waals surface area contributed by atoms with Gasteiger partial charge in [-0.25, -0.2) is 4.79 Å². The zero-order valence-electron chi connectivity index (χ0n) is 19.7. The fraction of sp³-hybridized carbons (Fsp3) is 0.269. The Bertz CT molecular complexity index is 1250. The molecule has 9 nitrogen and oxygen atoms in total. The lowest BCUT2D eigenvalue weighted by Crippen LogP contribution is -2.35. The Balaban J connectivity index is 1.77. The summed E-state index contributed by atoms with van der Waals surface area (Å²) in [5.74, 6) is -0.652. The van der Waals surface area contributed by atoms with Gasteiger partial charge in [-0.2, -0.15) is 0 Å². The lowest BCUT2D eigenvalue weighted by atomic mass is 9.93.